The van der Waals surface area contributed by atoms with Crippen molar-refractivity contribution in [2.75, 3.05) is 6.61 Å². The van der Waals surface area contributed by atoms with Crippen LogP contribution in [0.3, 0.4) is 0 Å². The molecule has 1 spiro atoms. The number of benzene rings is 4. The van der Waals surface area contributed by atoms with E-state index in [9.17, 15) is 0 Å². The van der Waals surface area contributed by atoms with Crippen molar-refractivity contribution in [2.45, 2.75) is 24.7 Å². The Morgan fingerprint density at radius 1 is 0.720 bits per heavy atom. The van der Waals surface area contributed by atoms with Gasteiger partial charge >= 0.3 is 0 Å². The molecule has 3 aliphatic carbocycles. The summed E-state index contributed by atoms with van der Waals surface area (Å²) in [7, 11) is 0. The average molecular weight is 639 g/mol. The van der Waals surface area contributed by atoms with Gasteiger partial charge in [0.1, 0.15) is 12.4 Å². The lowest BCUT2D eigenvalue weighted by atomic mass is 9.67. The summed E-state index contributed by atoms with van der Waals surface area (Å²) in [5.41, 5.74) is 18.9. The molecule has 0 bridgehead atoms. The molecule has 2 aromatic heterocycles. The van der Waals surface area contributed by atoms with Crippen molar-refractivity contribution in [3.63, 3.8) is 0 Å². The van der Waals surface area contributed by atoms with E-state index in [1.165, 1.54) is 89.1 Å². The highest BCUT2D eigenvalue weighted by Crippen LogP contribution is 2.61. The van der Waals surface area contributed by atoms with E-state index >= 15 is 0 Å². The number of fused-ring (bicyclic) bond motifs is 7. The molecule has 7 aromatic rings. The van der Waals surface area contributed by atoms with E-state index < -0.39 is 0 Å². The predicted octanol–water partition coefficient (Wildman–Crippen LogP) is 10.9. The van der Waals surface area contributed by atoms with Crippen molar-refractivity contribution in [1.29, 1.82) is 0 Å². The molecule has 12 rings (SSSR count). The topological polar surface area (TPSA) is 19.1 Å². The molecule has 2 aliphatic heterocycles. The normalized spacial score (nSPS) is 18.6. The Morgan fingerprint density at radius 3 is 2.58 bits per heavy atom. The van der Waals surface area contributed by atoms with Crippen LogP contribution in [0, 0.1) is 12.1 Å². The Morgan fingerprint density at radius 2 is 1.62 bits per heavy atom. The lowest BCUT2D eigenvalue weighted by Gasteiger charge is -2.42. The quantitative estimate of drug-likeness (QED) is 0.188. The number of hydrogen-bond acceptors (Lipinski definition) is 1. The fourth-order valence-electron chi connectivity index (χ4n) is 9.69. The number of allylic oxidation sites excluding steroid dienone is 4. The third kappa shape index (κ3) is 3.27. The molecular formula is C47H30N2O. The smallest absolute Gasteiger partial charge is 0.129 e. The minimum absolute atomic E-state index is 0.154. The number of ether oxygens (including phenoxy) is 1. The van der Waals surface area contributed by atoms with Crippen LogP contribution in [0.2, 0.25) is 0 Å². The molecule has 5 aromatic carbocycles. The molecule has 0 radical (unpaired) electrons. The second-order valence-electron chi connectivity index (χ2n) is 14.2. The molecule has 0 N–H and O–H groups in total. The van der Waals surface area contributed by atoms with E-state index in [1.807, 2.05) is 12.1 Å². The maximum Gasteiger partial charge on any atom is 0.129 e. The minimum atomic E-state index is -0.154. The molecule has 234 valence electrons. The highest BCUT2D eigenvalue weighted by Gasteiger charge is 2.50. The highest BCUT2D eigenvalue weighted by atomic mass is 16.5. The number of hydrogen-bond donors (Lipinski definition) is 0. The summed E-state index contributed by atoms with van der Waals surface area (Å²) in [6.45, 7) is 0.642. The first kappa shape index (κ1) is 26.7. The number of aromatic nitrogens is 2. The van der Waals surface area contributed by atoms with E-state index in [0.717, 1.165) is 30.6 Å². The van der Waals surface area contributed by atoms with Crippen LogP contribution < -0.4 is 4.74 Å². The van der Waals surface area contributed by atoms with Crippen molar-refractivity contribution in [2.24, 2.45) is 0 Å². The van der Waals surface area contributed by atoms with Crippen molar-refractivity contribution in [3.05, 3.63) is 167 Å². The summed E-state index contributed by atoms with van der Waals surface area (Å²) in [6, 6.07) is 42.1. The standard InChI is InChI=1S/C47H30N2O/c1-2-10-29(11-3-1)33-12-4-6-15-38(33)48-39-16-7-5-13-34(39)35-21-19-31(27-42(35)48)30-20-22-40-37(26-30)36-14-9-24-47-25-23-32-28-50-43-18-8-17-41(44(43)45(32)47)49(40)46(36)47/h1-2,4-6,8-10,12-15,17-23,25-27H,7,16,24,28H2. The van der Waals surface area contributed by atoms with Gasteiger partial charge in [0.2, 0.25) is 0 Å². The van der Waals surface area contributed by atoms with E-state index in [4.69, 9.17) is 4.74 Å². The maximum absolute atomic E-state index is 6.31. The van der Waals surface area contributed by atoms with Crippen LogP contribution in [0.5, 0.6) is 5.75 Å². The van der Waals surface area contributed by atoms with Gasteiger partial charge in [-0.15, -0.1) is 0 Å². The van der Waals surface area contributed by atoms with Crippen LogP contribution >= 0.6 is 0 Å². The summed E-state index contributed by atoms with van der Waals surface area (Å²) in [5, 5.41) is 2.59. The second kappa shape index (κ2) is 9.47. The molecule has 0 amide bonds. The summed E-state index contributed by atoms with van der Waals surface area (Å²) in [4.78, 5) is 0. The Hall–Kier alpha value is -6.24. The van der Waals surface area contributed by atoms with Crippen LogP contribution in [-0.2, 0) is 11.8 Å². The predicted molar refractivity (Wildman–Crippen MR) is 203 cm³/mol. The van der Waals surface area contributed by atoms with Gasteiger partial charge in [0.15, 0.2) is 0 Å². The summed E-state index contributed by atoms with van der Waals surface area (Å²) >= 11 is 0. The van der Waals surface area contributed by atoms with Gasteiger partial charge in [0, 0.05) is 50.0 Å². The molecule has 0 fully saturated rings. The van der Waals surface area contributed by atoms with Gasteiger partial charge in [-0.3, -0.25) is 0 Å². The molecule has 1 atom stereocenters. The molecule has 0 saturated heterocycles. The lowest BCUT2D eigenvalue weighted by Crippen LogP contribution is -2.34. The molecule has 0 saturated carbocycles. The van der Waals surface area contributed by atoms with Crippen LogP contribution in [-0.4, -0.2) is 15.7 Å². The first-order valence-electron chi connectivity index (χ1n) is 17.7. The Labute approximate surface area is 290 Å². The van der Waals surface area contributed by atoms with Gasteiger partial charge in [0.25, 0.3) is 0 Å². The third-order valence-electron chi connectivity index (χ3n) is 11.7. The zero-order valence-electron chi connectivity index (χ0n) is 27.3. The zero-order valence-corrected chi connectivity index (χ0v) is 27.3. The van der Waals surface area contributed by atoms with Crippen molar-refractivity contribution >= 4 is 39.5 Å². The first-order valence-corrected chi connectivity index (χ1v) is 17.7. The minimum Gasteiger partial charge on any atom is -0.488 e. The van der Waals surface area contributed by atoms with E-state index in [-0.39, 0.29) is 5.41 Å². The summed E-state index contributed by atoms with van der Waals surface area (Å²) < 4.78 is 11.4. The molecule has 5 aliphatic rings. The van der Waals surface area contributed by atoms with Gasteiger partial charge < -0.3 is 13.9 Å². The van der Waals surface area contributed by atoms with Gasteiger partial charge in [-0.1, -0.05) is 97.1 Å². The number of nitrogens with zero attached hydrogens (tertiary/aromatic N) is 2. The molecule has 3 nitrogen and oxygen atoms in total. The highest BCUT2D eigenvalue weighted by molar-refractivity contribution is 6.05. The maximum atomic E-state index is 6.31. The molecule has 1 unspecified atom stereocenters. The molecule has 4 heterocycles. The summed E-state index contributed by atoms with van der Waals surface area (Å²) in [5.74, 6) is 1.00. The third-order valence-corrected chi connectivity index (χ3v) is 11.7. The van der Waals surface area contributed by atoms with Gasteiger partial charge in [-0.2, -0.15) is 0 Å². The van der Waals surface area contributed by atoms with E-state index in [1.54, 1.807) is 0 Å². The van der Waals surface area contributed by atoms with E-state index in [0.29, 0.717) is 6.61 Å². The Kier molecular flexibility index (Phi) is 5.05. The van der Waals surface area contributed by atoms with E-state index in [2.05, 4.69) is 143 Å². The number of rotatable bonds is 3. The van der Waals surface area contributed by atoms with Crippen LogP contribution in [0.4, 0.5) is 0 Å². The Balaban J connectivity index is 1.09. The van der Waals surface area contributed by atoms with Crippen LogP contribution in [0.25, 0.3) is 73.2 Å². The second-order valence-corrected chi connectivity index (χ2v) is 14.2. The monoisotopic (exact) mass is 638 g/mol. The molecule has 50 heavy (non-hydrogen) atoms. The largest absolute Gasteiger partial charge is 0.488 e. The fourth-order valence-corrected chi connectivity index (χ4v) is 9.69. The first-order chi connectivity index (χ1) is 24.8. The van der Waals surface area contributed by atoms with Crippen LogP contribution in [0.1, 0.15) is 40.9 Å². The van der Waals surface area contributed by atoms with Crippen molar-refractivity contribution in [1.82, 2.24) is 9.13 Å². The summed E-state index contributed by atoms with van der Waals surface area (Å²) in [6.07, 6.45) is 17.2. The number of para-hydroxylation sites is 1. The average Bonchev–Trinajstić information content (AvgIpc) is 3.84. The zero-order chi connectivity index (χ0) is 32.6. The lowest BCUT2D eigenvalue weighted by molar-refractivity contribution is 0.347. The molecular weight excluding hydrogens is 609 g/mol. The Bertz CT molecular complexity index is 2780. The fraction of sp³-hybridized carbons (Fsp3) is 0.106. The van der Waals surface area contributed by atoms with Crippen molar-refractivity contribution < 1.29 is 4.74 Å². The van der Waals surface area contributed by atoms with Gasteiger partial charge in [-0.25, -0.2) is 0 Å². The van der Waals surface area contributed by atoms with Crippen molar-refractivity contribution in [3.8, 4) is 39.4 Å². The van der Waals surface area contributed by atoms with Crippen LogP contribution in [0.15, 0.2) is 127 Å². The van der Waals surface area contributed by atoms with Gasteiger partial charge in [-0.05, 0) is 90.1 Å². The SMILES string of the molecule is c1cccc(-c2ccccc2-n2c3c(c4ccc(-c5ccc6c(c5)c5c7n6-c6cccc8c6C6=C(C=CC67CC=C5)CO8)cc42)C=CCC3)c#1. The van der Waals surface area contributed by atoms with Gasteiger partial charge in [0.05, 0.1) is 27.8 Å². The molecule has 3 heteroatoms.